The number of nitrogens with zero attached hydrogens (tertiary/aromatic N) is 2. The highest BCUT2D eigenvalue weighted by atomic mass is 32.2. The molecule has 26 heavy (non-hydrogen) atoms. The lowest BCUT2D eigenvalue weighted by Crippen LogP contribution is -2.42. The molecule has 0 aromatic carbocycles. The second kappa shape index (κ2) is 9.07. The molecule has 1 atom stereocenters. The first kappa shape index (κ1) is 19.5. The summed E-state index contributed by atoms with van der Waals surface area (Å²) in [5, 5.41) is 6.80. The number of thioether (sulfide) groups is 1. The van der Waals surface area contributed by atoms with Crippen LogP contribution < -0.4 is 5.32 Å². The Morgan fingerprint density at radius 1 is 1.23 bits per heavy atom. The van der Waals surface area contributed by atoms with Crippen LogP contribution >= 0.6 is 23.1 Å². The van der Waals surface area contributed by atoms with Crippen LogP contribution in [0.3, 0.4) is 0 Å². The van der Waals surface area contributed by atoms with Crippen LogP contribution in [-0.2, 0) is 14.8 Å². The smallest absolute Gasteiger partial charge is 0.222 e. The summed E-state index contributed by atoms with van der Waals surface area (Å²) in [6.45, 7) is 1.27. The molecule has 1 aliphatic heterocycles. The standard InChI is InChI=1S/C17H23N3O3S3/c21-17(18-4-12-26(22,23)20-7-10-24-11-8-20)13-16(15-3-9-25-14-15)19-5-1-2-6-19/h1-3,5-6,9,14,16H,4,7-8,10-13H2,(H,18,21)/t16-/m1/s1. The van der Waals surface area contributed by atoms with Crippen molar-refractivity contribution in [1.82, 2.24) is 14.2 Å². The van der Waals surface area contributed by atoms with Gasteiger partial charge in [0.15, 0.2) is 0 Å². The summed E-state index contributed by atoms with van der Waals surface area (Å²) in [7, 11) is -3.29. The number of sulfonamides is 1. The summed E-state index contributed by atoms with van der Waals surface area (Å²) in [5.74, 6) is 1.49. The number of aromatic nitrogens is 1. The number of amides is 1. The van der Waals surface area contributed by atoms with Gasteiger partial charge in [0.05, 0.1) is 18.2 Å². The van der Waals surface area contributed by atoms with Gasteiger partial charge in [-0.05, 0) is 34.5 Å². The van der Waals surface area contributed by atoms with Crippen molar-refractivity contribution in [3.05, 3.63) is 46.9 Å². The number of thiophene rings is 1. The summed E-state index contributed by atoms with van der Waals surface area (Å²) in [5.41, 5.74) is 1.08. The molecule has 142 valence electrons. The van der Waals surface area contributed by atoms with Crippen molar-refractivity contribution in [2.45, 2.75) is 12.5 Å². The molecular weight excluding hydrogens is 390 g/mol. The minimum Gasteiger partial charge on any atom is -0.355 e. The number of hydrogen-bond donors (Lipinski definition) is 1. The molecule has 3 rings (SSSR count). The molecule has 1 amide bonds. The molecule has 0 radical (unpaired) electrons. The predicted octanol–water partition coefficient (Wildman–Crippen LogP) is 2.02. The van der Waals surface area contributed by atoms with E-state index in [1.54, 1.807) is 23.1 Å². The van der Waals surface area contributed by atoms with E-state index in [1.807, 2.05) is 45.9 Å². The fraction of sp³-hybridized carbons (Fsp3) is 0.471. The third-order valence-electron chi connectivity index (χ3n) is 4.34. The Kier molecular flexibility index (Phi) is 6.80. The zero-order valence-corrected chi connectivity index (χ0v) is 16.9. The summed E-state index contributed by atoms with van der Waals surface area (Å²) in [6, 6.07) is 5.80. The van der Waals surface area contributed by atoms with Crippen molar-refractivity contribution < 1.29 is 13.2 Å². The highest BCUT2D eigenvalue weighted by molar-refractivity contribution is 7.99. The topological polar surface area (TPSA) is 71.4 Å². The molecule has 1 fully saturated rings. The molecule has 9 heteroatoms. The third kappa shape index (κ3) is 5.12. The van der Waals surface area contributed by atoms with Crippen LogP contribution in [0.2, 0.25) is 0 Å². The molecule has 0 unspecified atom stereocenters. The van der Waals surface area contributed by atoms with E-state index in [4.69, 9.17) is 0 Å². The molecule has 6 nitrogen and oxygen atoms in total. The SMILES string of the molecule is O=C(C[C@H](c1ccsc1)n1cccc1)NCCS(=O)(=O)N1CCSCC1. The van der Waals surface area contributed by atoms with Crippen LogP contribution in [0.25, 0.3) is 0 Å². The Morgan fingerprint density at radius 3 is 2.62 bits per heavy atom. The van der Waals surface area contributed by atoms with E-state index >= 15 is 0 Å². The highest BCUT2D eigenvalue weighted by Crippen LogP contribution is 2.24. The van der Waals surface area contributed by atoms with Gasteiger partial charge in [-0.15, -0.1) is 0 Å². The molecule has 1 aliphatic rings. The number of hydrogen-bond acceptors (Lipinski definition) is 5. The molecule has 2 aromatic heterocycles. The van der Waals surface area contributed by atoms with Crippen LogP contribution in [0, 0.1) is 0 Å². The van der Waals surface area contributed by atoms with Gasteiger partial charge in [-0.1, -0.05) is 0 Å². The van der Waals surface area contributed by atoms with Crippen molar-refractivity contribution in [2.24, 2.45) is 0 Å². The Hall–Kier alpha value is -1.29. The van der Waals surface area contributed by atoms with Gasteiger partial charge in [0, 0.05) is 43.5 Å². The van der Waals surface area contributed by atoms with E-state index in [9.17, 15) is 13.2 Å². The zero-order valence-electron chi connectivity index (χ0n) is 14.4. The Balaban J connectivity index is 1.53. The fourth-order valence-corrected chi connectivity index (χ4v) is 6.14. The first-order valence-electron chi connectivity index (χ1n) is 8.53. The molecule has 1 N–H and O–H groups in total. The molecule has 2 aromatic rings. The number of rotatable bonds is 8. The van der Waals surface area contributed by atoms with Crippen molar-refractivity contribution in [3.8, 4) is 0 Å². The number of carbonyl (C=O) groups is 1. The van der Waals surface area contributed by atoms with Crippen LogP contribution in [0.15, 0.2) is 41.4 Å². The van der Waals surface area contributed by atoms with Gasteiger partial charge in [0.2, 0.25) is 15.9 Å². The lowest BCUT2D eigenvalue weighted by molar-refractivity contribution is -0.121. The quantitative estimate of drug-likeness (QED) is 0.719. The Bertz CT molecular complexity index is 748. The van der Waals surface area contributed by atoms with Crippen molar-refractivity contribution >= 4 is 39.0 Å². The van der Waals surface area contributed by atoms with E-state index in [2.05, 4.69) is 5.32 Å². The van der Waals surface area contributed by atoms with E-state index in [0.717, 1.165) is 17.1 Å². The van der Waals surface area contributed by atoms with Gasteiger partial charge in [0.25, 0.3) is 0 Å². The second-order valence-electron chi connectivity index (χ2n) is 6.08. The van der Waals surface area contributed by atoms with Crippen LogP contribution in [-0.4, -0.2) is 60.1 Å². The second-order valence-corrected chi connectivity index (χ2v) is 10.2. The molecule has 0 spiro atoms. The monoisotopic (exact) mass is 413 g/mol. The fourth-order valence-electron chi connectivity index (χ4n) is 2.94. The average molecular weight is 414 g/mol. The molecule has 0 aliphatic carbocycles. The Labute approximate surface area is 162 Å². The summed E-state index contributed by atoms with van der Waals surface area (Å²) < 4.78 is 28.2. The highest BCUT2D eigenvalue weighted by Gasteiger charge is 2.24. The normalized spacial score (nSPS) is 17.1. The molecule has 0 saturated carbocycles. The zero-order chi connectivity index (χ0) is 18.4. The van der Waals surface area contributed by atoms with E-state index < -0.39 is 10.0 Å². The lowest BCUT2D eigenvalue weighted by Gasteiger charge is -2.25. The minimum atomic E-state index is -3.29. The van der Waals surface area contributed by atoms with Gasteiger partial charge in [-0.2, -0.15) is 23.1 Å². The molecule has 3 heterocycles. The van der Waals surface area contributed by atoms with Crippen molar-refractivity contribution in [1.29, 1.82) is 0 Å². The van der Waals surface area contributed by atoms with Gasteiger partial charge >= 0.3 is 0 Å². The number of carbonyl (C=O) groups excluding carboxylic acids is 1. The van der Waals surface area contributed by atoms with Crippen LogP contribution in [0.1, 0.15) is 18.0 Å². The minimum absolute atomic E-state index is 0.0456. The van der Waals surface area contributed by atoms with E-state index in [1.165, 1.54) is 4.31 Å². The van der Waals surface area contributed by atoms with Gasteiger partial charge in [-0.3, -0.25) is 4.79 Å². The van der Waals surface area contributed by atoms with E-state index in [0.29, 0.717) is 13.1 Å². The van der Waals surface area contributed by atoms with Gasteiger partial charge in [0.1, 0.15) is 0 Å². The third-order valence-corrected chi connectivity index (χ3v) is 7.86. The molecular formula is C17H23N3O3S3. The predicted molar refractivity (Wildman–Crippen MR) is 107 cm³/mol. The maximum atomic E-state index is 12.4. The van der Waals surface area contributed by atoms with E-state index in [-0.39, 0.29) is 30.7 Å². The van der Waals surface area contributed by atoms with Crippen molar-refractivity contribution in [3.63, 3.8) is 0 Å². The maximum absolute atomic E-state index is 12.4. The maximum Gasteiger partial charge on any atom is 0.222 e. The molecule has 1 saturated heterocycles. The van der Waals surface area contributed by atoms with Crippen molar-refractivity contribution in [2.75, 3.05) is 36.9 Å². The first-order chi connectivity index (χ1) is 12.6. The summed E-state index contributed by atoms with van der Waals surface area (Å²) >= 11 is 3.37. The van der Waals surface area contributed by atoms with Gasteiger partial charge in [-0.25, -0.2) is 12.7 Å². The number of nitrogens with one attached hydrogen (secondary N) is 1. The van der Waals surface area contributed by atoms with Crippen LogP contribution in [0.4, 0.5) is 0 Å². The van der Waals surface area contributed by atoms with Gasteiger partial charge < -0.3 is 9.88 Å². The molecule has 0 bridgehead atoms. The summed E-state index contributed by atoms with van der Waals surface area (Å²) in [4.78, 5) is 12.4. The van der Waals surface area contributed by atoms with Crippen LogP contribution in [0.5, 0.6) is 0 Å². The Morgan fingerprint density at radius 2 is 1.96 bits per heavy atom. The average Bonchev–Trinajstić information content (AvgIpc) is 3.34. The first-order valence-corrected chi connectivity index (χ1v) is 12.2. The lowest BCUT2D eigenvalue weighted by atomic mass is 10.1. The largest absolute Gasteiger partial charge is 0.355 e. The summed E-state index contributed by atoms with van der Waals surface area (Å²) in [6.07, 6.45) is 4.16.